The highest BCUT2D eigenvalue weighted by Gasteiger charge is 2.48. The van der Waals surface area contributed by atoms with E-state index in [2.05, 4.69) is 0 Å². The number of anilines is 2. The zero-order valence-corrected chi connectivity index (χ0v) is 22.3. The smallest absolute Gasteiger partial charge is 0.324 e. The Hall–Kier alpha value is -3.49. The first-order chi connectivity index (χ1) is 18.7. The zero-order valence-electron chi connectivity index (χ0n) is 22.3. The van der Waals surface area contributed by atoms with Crippen molar-refractivity contribution in [1.82, 2.24) is 4.90 Å². The second-order valence-corrected chi connectivity index (χ2v) is 11.0. The van der Waals surface area contributed by atoms with Gasteiger partial charge in [0.2, 0.25) is 11.8 Å². The Kier molecular flexibility index (Phi) is 7.60. The maximum atomic E-state index is 14.4. The monoisotopic (exact) mass is 539 g/mol. The molecule has 2 aliphatic heterocycles. The van der Waals surface area contributed by atoms with Gasteiger partial charge in [0, 0.05) is 56.3 Å². The van der Waals surface area contributed by atoms with Crippen LogP contribution in [0.25, 0.3) is 0 Å². The lowest BCUT2D eigenvalue weighted by molar-refractivity contribution is -0.158. The highest BCUT2D eigenvalue weighted by atomic mass is 19.3. The number of hydrogen-bond donors (Lipinski definition) is 0. The van der Waals surface area contributed by atoms with Gasteiger partial charge < -0.3 is 14.5 Å². The summed E-state index contributed by atoms with van der Waals surface area (Å²) in [6.07, 6.45) is 1.37. The molecule has 7 nitrogen and oxygen atoms in total. The molecule has 39 heavy (non-hydrogen) atoms. The summed E-state index contributed by atoms with van der Waals surface area (Å²) in [4.78, 5) is 45.4. The molecule has 1 aliphatic carbocycles. The normalized spacial score (nSPS) is 21.7. The maximum Gasteiger partial charge on any atom is 0.324 e. The molecule has 2 fully saturated rings. The van der Waals surface area contributed by atoms with Crippen molar-refractivity contribution in [3.63, 3.8) is 0 Å². The Morgan fingerprint density at radius 3 is 2.36 bits per heavy atom. The molecule has 1 atom stereocenters. The van der Waals surface area contributed by atoms with E-state index in [1.165, 1.54) is 12.0 Å². The van der Waals surface area contributed by atoms with Crippen LogP contribution in [-0.2, 0) is 20.7 Å². The third-order valence-corrected chi connectivity index (χ3v) is 8.50. The number of rotatable bonds is 5. The third-order valence-electron chi connectivity index (χ3n) is 8.50. The molecular weight excluding hydrogens is 504 g/mol. The van der Waals surface area contributed by atoms with Crippen molar-refractivity contribution in [2.75, 3.05) is 36.5 Å². The molecule has 3 amide bonds. The third kappa shape index (κ3) is 5.49. The van der Waals surface area contributed by atoms with Crippen molar-refractivity contribution in [1.29, 1.82) is 0 Å². The van der Waals surface area contributed by atoms with Crippen molar-refractivity contribution < 1.29 is 27.9 Å². The predicted molar refractivity (Wildman–Crippen MR) is 144 cm³/mol. The van der Waals surface area contributed by atoms with E-state index in [1.807, 2.05) is 30.3 Å². The number of likely N-dealkylation sites (tertiary alicyclic amines) is 1. The van der Waals surface area contributed by atoms with Crippen LogP contribution in [0, 0.1) is 5.41 Å². The number of methoxy groups -OCH3 is 1. The first-order valence-corrected chi connectivity index (χ1v) is 13.7. The Morgan fingerprint density at radius 1 is 0.974 bits per heavy atom. The zero-order chi connectivity index (χ0) is 27.6. The number of nitrogens with zero attached hydrogens (tertiary/aromatic N) is 3. The molecule has 1 unspecified atom stereocenters. The van der Waals surface area contributed by atoms with E-state index < -0.39 is 29.8 Å². The number of carbonyl (C=O) groups is 3. The number of para-hydroxylation sites is 2. The van der Waals surface area contributed by atoms with Crippen molar-refractivity contribution >= 4 is 29.3 Å². The van der Waals surface area contributed by atoms with E-state index in [9.17, 15) is 23.2 Å². The Balaban J connectivity index is 1.34. The number of benzene rings is 2. The lowest BCUT2D eigenvalue weighted by atomic mass is 9.75. The van der Waals surface area contributed by atoms with Gasteiger partial charge in [-0.25, -0.2) is 13.6 Å². The van der Waals surface area contributed by atoms with Crippen LogP contribution in [0.15, 0.2) is 54.6 Å². The molecule has 0 N–H and O–H groups in total. The van der Waals surface area contributed by atoms with Gasteiger partial charge in [-0.3, -0.25) is 14.5 Å². The number of piperidine rings is 1. The molecule has 2 aromatic carbocycles. The molecule has 3 aliphatic rings. The number of fused-ring (bicyclic) bond motifs is 1. The minimum absolute atomic E-state index is 0.111. The Bertz CT molecular complexity index is 1210. The fourth-order valence-electron chi connectivity index (χ4n) is 6.39. The number of hydrogen-bond acceptors (Lipinski definition) is 4. The molecule has 0 spiro atoms. The van der Waals surface area contributed by atoms with Crippen LogP contribution in [-0.4, -0.2) is 61.5 Å². The summed E-state index contributed by atoms with van der Waals surface area (Å²) in [6.45, 7) is 1.20. The van der Waals surface area contributed by atoms with Crippen LogP contribution in [0.2, 0.25) is 0 Å². The van der Waals surface area contributed by atoms with E-state index in [0.717, 1.165) is 17.7 Å². The Labute approximate surface area is 227 Å². The number of amides is 3. The van der Waals surface area contributed by atoms with Gasteiger partial charge in [-0.2, -0.15) is 0 Å². The molecular formula is C30H35F2N3O4. The van der Waals surface area contributed by atoms with Crippen LogP contribution in [0.1, 0.15) is 50.5 Å². The van der Waals surface area contributed by atoms with Gasteiger partial charge in [-0.1, -0.05) is 36.4 Å². The molecule has 2 heterocycles. The van der Waals surface area contributed by atoms with Crippen LogP contribution < -0.4 is 9.80 Å². The minimum atomic E-state index is -2.84. The van der Waals surface area contributed by atoms with Gasteiger partial charge >= 0.3 is 12.0 Å². The van der Waals surface area contributed by atoms with E-state index in [0.29, 0.717) is 38.2 Å². The lowest BCUT2D eigenvalue weighted by Crippen LogP contribution is -2.53. The van der Waals surface area contributed by atoms with Gasteiger partial charge in [0.15, 0.2) is 0 Å². The van der Waals surface area contributed by atoms with Gasteiger partial charge in [0.25, 0.3) is 0 Å². The molecule has 1 saturated carbocycles. The summed E-state index contributed by atoms with van der Waals surface area (Å²) in [5.41, 5.74) is 1.46. The summed E-state index contributed by atoms with van der Waals surface area (Å²) in [7, 11) is 1.30. The SMILES string of the molecule is COC(=O)C1(CC(=O)N(c2ccccc2)C2CCCC(F)(F)C2)CCN(C(=O)N2CCc3ccccc32)CC1. The summed E-state index contributed by atoms with van der Waals surface area (Å²) in [5.74, 6) is -3.71. The summed E-state index contributed by atoms with van der Waals surface area (Å²) in [5, 5.41) is 0. The van der Waals surface area contributed by atoms with E-state index in [-0.39, 0.29) is 37.6 Å². The molecule has 0 aromatic heterocycles. The fraction of sp³-hybridized carbons (Fsp3) is 0.500. The fourth-order valence-corrected chi connectivity index (χ4v) is 6.39. The lowest BCUT2D eigenvalue weighted by Gasteiger charge is -2.43. The molecule has 1 saturated heterocycles. The van der Waals surface area contributed by atoms with Gasteiger partial charge in [-0.15, -0.1) is 0 Å². The highest BCUT2D eigenvalue weighted by molar-refractivity contribution is 5.98. The topological polar surface area (TPSA) is 70.2 Å². The minimum Gasteiger partial charge on any atom is -0.469 e. The standard InChI is InChI=1S/C30H35F2N3O4/c1-39-27(37)29(15-18-33(19-16-29)28(38)34-17-13-22-8-5-6-12-25(22)34)21-26(36)35(23-9-3-2-4-10-23)24-11-7-14-30(31,32)20-24/h2-6,8-10,12,24H,7,11,13-21H2,1H3. The summed E-state index contributed by atoms with van der Waals surface area (Å²) < 4.78 is 34.0. The average molecular weight is 540 g/mol. The quantitative estimate of drug-likeness (QED) is 0.476. The first-order valence-electron chi connectivity index (χ1n) is 13.7. The Morgan fingerprint density at radius 2 is 1.67 bits per heavy atom. The van der Waals surface area contributed by atoms with E-state index in [4.69, 9.17) is 4.74 Å². The number of urea groups is 1. The maximum absolute atomic E-state index is 14.4. The van der Waals surface area contributed by atoms with E-state index in [1.54, 1.807) is 34.1 Å². The first kappa shape index (κ1) is 27.1. The van der Waals surface area contributed by atoms with E-state index >= 15 is 0 Å². The number of ether oxygens (including phenoxy) is 1. The molecule has 0 bridgehead atoms. The van der Waals surface area contributed by atoms with Crippen LogP contribution in [0.3, 0.4) is 0 Å². The van der Waals surface area contributed by atoms with Crippen LogP contribution >= 0.6 is 0 Å². The molecule has 2 aromatic rings. The number of alkyl halides is 2. The average Bonchev–Trinajstić information content (AvgIpc) is 3.37. The van der Waals surface area contributed by atoms with Crippen molar-refractivity contribution in [3.05, 3.63) is 60.2 Å². The van der Waals surface area contributed by atoms with Gasteiger partial charge in [0.05, 0.1) is 12.5 Å². The molecule has 5 rings (SSSR count). The highest BCUT2D eigenvalue weighted by Crippen LogP contribution is 2.41. The summed E-state index contributed by atoms with van der Waals surface area (Å²) >= 11 is 0. The van der Waals surface area contributed by atoms with Crippen molar-refractivity contribution in [2.24, 2.45) is 5.41 Å². The molecule has 9 heteroatoms. The van der Waals surface area contributed by atoms with Gasteiger partial charge in [-0.05, 0) is 55.9 Å². The molecule has 0 radical (unpaired) electrons. The number of esters is 1. The van der Waals surface area contributed by atoms with Crippen LogP contribution in [0.5, 0.6) is 0 Å². The van der Waals surface area contributed by atoms with Gasteiger partial charge in [0.1, 0.15) is 0 Å². The number of halogens is 2. The van der Waals surface area contributed by atoms with Crippen molar-refractivity contribution in [2.45, 2.75) is 63.3 Å². The second kappa shape index (κ2) is 10.9. The largest absolute Gasteiger partial charge is 0.469 e. The van der Waals surface area contributed by atoms with Crippen molar-refractivity contribution in [3.8, 4) is 0 Å². The predicted octanol–water partition coefficient (Wildman–Crippen LogP) is 5.43. The number of carbonyl (C=O) groups excluding carboxylic acids is 3. The summed E-state index contributed by atoms with van der Waals surface area (Å²) in [6, 6.07) is 15.9. The molecule has 208 valence electrons. The van der Waals surface area contributed by atoms with Crippen LogP contribution in [0.4, 0.5) is 25.0 Å². The second-order valence-electron chi connectivity index (χ2n) is 11.0.